The Morgan fingerprint density at radius 2 is 2.08 bits per heavy atom. The van der Waals surface area contributed by atoms with Crippen LogP contribution in [-0.4, -0.2) is 13.4 Å². The SMILES string of the molecule is Cc1nccc(Cl)c1S(=O)(=O)Cl. The van der Waals surface area contributed by atoms with Gasteiger partial charge >= 0.3 is 0 Å². The molecule has 0 amide bonds. The van der Waals surface area contributed by atoms with Gasteiger partial charge in [-0.15, -0.1) is 0 Å². The lowest BCUT2D eigenvalue weighted by Crippen LogP contribution is -1.97. The Kier molecular flexibility index (Phi) is 2.61. The second-order valence-electron chi connectivity index (χ2n) is 2.15. The first kappa shape index (κ1) is 9.77. The maximum absolute atomic E-state index is 10.9. The fraction of sp³-hybridized carbons (Fsp3) is 0.167. The highest BCUT2D eigenvalue weighted by Gasteiger charge is 2.17. The van der Waals surface area contributed by atoms with Gasteiger partial charge in [0.1, 0.15) is 4.90 Å². The minimum absolute atomic E-state index is 0.0949. The van der Waals surface area contributed by atoms with E-state index in [1.54, 1.807) is 0 Å². The summed E-state index contributed by atoms with van der Waals surface area (Å²) < 4.78 is 21.8. The van der Waals surface area contributed by atoms with E-state index >= 15 is 0 Å². The van der Waals surface area contributed by atoms with Crippen LogP contribution < -0.4 is 0 Å². The quantitative estimate of drug-likeness (QED) is 0.687. The minimum atomic E-state index is -3.79. The van der Waals surface area contributed by atoms with Gasteiger partial charge in [0, 0.05) is 16.9 Å². The number of nitrogens with zero attached hydrogens (tertiary/aromatic N) is 1. The fourth-order valence-electron chi connectivity index (χ4n) is 0.815. The molecule has 1 aromatic heterocycles. The lowest BCUT2D eigenvalue weighted by molar-refractivity contribution is 0.608. The smallest absolute Gasteiger partial charge is 0.260 e. The molecule has 6 heteroatoms. The van der Waals surface area contributed by atoms with Gasteiger partial charge in [0.15, 0.2) is 0 Å². The van der Waals surface area contributed by atoms with Crippen LogP contribution >= 0.6 is 22.3 Å². The molecule has 0 aromatic carbocycles. The molecule has 0 bridgehead atoms. The van der Waals surface area contributed by atoms with Gasteiger partial charge in [-0.2, -0.15) is 0 Å². The van der Waals surface area contributed by atoms with E-state index in [-0.39, 0.29) is 9.92 Å². The van der Waals surface area contributed by atoms with Crippen molar-refractivity contribution in [1.29, 1.82) is 0 Å². The number of halogens is 2. The Morgan fingerprint density at radius 1 is 1.50 bits per heavy atom. The highest BCUT2D eigenvalue weighted by molar-refractivity contribution is 8.13. The van der Waals surface area contributed by atoms with Crippen molar-refractivity contribution in [1.82, 2.24) is 4.98 Å². The molecule has 0 aliphatic heterocycles. The first-order chi connectivity index (χ1) is 5.43. The molecule has 0 saturated heterocycles. The minimum Gasteiger partial charge on any atom is -0.260 e. The van der Waals surface area contributed by atoms with Gasteiger partial charge < -0.3 is 0 Å². The van der Waals surface area contributed by atoms with Crippen molar-refractivity contribution < 1.29 is 8.42 Å². The topological polar surface area (TPSA) is 47.0 Å². The number of hydrogen-bond acceptors (Lipinski definition) is 3. The zero-order valence-corrected chi connectivity index (χ0v) is 8.41. The molecular weight excluding hydrogens is 221 g/mol. The Morgan fingerprint density at radius 3 is 2.42 bits per heavy atom. The van der Waals surface area contributed by atoms with E-state index in [2.05, 4.69) is 4.98 Å². The molecule has 66 valence electrons. The van der Waals surface area contributed by atoms with Crippen LogP contribution in [0.25, 0.3) is 0 Å². The van der Waals surface area contributed by atoms with Crippen molar-refractivity contribution >= 4 is 31.3 Å². The average molecular weight is 226 g/mol. The molecule has 0 aliphatic carbocycles. The summed E-state index contributed by atoms with van der Waals surface area (Å²) in [4.78, 5) is 3.64. The molecule has 1 rings (SSSR count). The molecule has 1 heterocycles. The van der Waals surface area contributed by atoms with Crippen LogP contribution in [0.15, 0.2) is 17.2 Å². The summed E-state index contributed by atoms with van der Waals surface area (Å²) in [6.07, 6.45) is 1.42. The summed E-state index contributed by atoms with van der Waals surface area (Å²) >= 11 is 5.61. The van der Waals surface area contributed by atoms with E-state index < -0.39 is 9.05 Å². The third-order valence-electron chi connectivity index (χ3n) is 1.28. The Labute approximate surface area is 79.8 Å². The number of pyridine rings is 1. The van der Waals surface area contributed by atoms with Crippen LogP contribution in [0.5, 0.6) is 0 Å². The summed E-state index contributed by atoms with van der Waals surface area (Å²) in [5, 5.41) is 0.0949. The van der Waals surface area contributed by atoms with Crippen LogP contribution in [0.4, 0.5) is 0 Å². The summed E-state index contributed by atoms with van der Waals surface area (Å²) in [6.45, 7) is 1.53. The summed E-state index contributed by atoms with van der Waals surface area (Å²) in [5.41, 5.74) is 0.303. The number of aryl methyl sites for hydroxylation is 1. The average Bonchev–Trinajstić information content (AvgIpc) is 1.82. The molecule has 0 radical (unpaired) electrons. The molecule has 0 saturated carbocycles. The molecule has 0 unspecified atom stereocenters. The van der Waals surface area contributed by atoms with Gasteiger partial charge in [-0.1, -0.05) is 11.6 Å². The van der Waals surface area contributed by atoms with E-state index in [4.69, 9.17) is 22.3 Å². The molecule has 3 nitrogen and oxygen atoms in total. The molecule has 1 aromatic rings. The monoisotopic (exact) mass is 225 g/mol. The van der Waals surface area contributed by atoms with Crippen LogP contribution in [-0.2, 0) is 9.05 Å². The third kappa shape index (κ3) is 1.88. The Balaban J connectivity index is 3.53. The van der Waals surface area contributed by atoms with Crippen LogP contribution in [0, 0.1) is 6.92 Å². The molecule has 0 N–H and O–H groups in total. The van der Waals surface area contributed by atoms with Gasteiger partial charge in [0.2, 0.25) is 0 Å². The normalized spacial score (nSPS) is 11.6. The molecule has 12 heavy (non-hydrogen) atoms. The second-order valence-corrected chi connectivity index (χ2v) is 5.06. The predicted molar refractivity (Wildman–Crippen MR) is 47.0 cm³/mol. The lowest BCUT2D eigenvalue weighted by atomic mass is 10.4. The van der Waals surface area contributed by atoms with Crippen LogP contribution in [0.2, 0.25) is 5.02 Å². The number of rotatable bonds is 1. The van der Waals surface area contributed by atoms with Gasteiger partial charge in [0.05, 0.1) is 10.7 Å². The largest absolute Gasteiger partial charge is 0.264 e. The Bertz CT molecular complexity index is 382. The van der Waals surface area contributed by atoms with E-state index in [9.17, 15) is 8.42 Å². The number of hydrogen-bond donors (Lipinski definition) is 0. The van der Waals surface area contributed by atoms with Crippen molar-refractivity contribution in [2.45, 2.75) is 11.8 Å². The van der Waals surface area contributed by atoms with Crippen molar-refractivity contribution in [3.63, 3.8) is 0 Å². The van der Waals surface area contributed by atoms with E-state index in [1.165, 1.54) is 19.2 Å². The maximum Gasteiger partial charge on any atom is 0.264 e. The Hall–Kier alpha value is -0.320. The van der Waals surface area contributed by atoms with Gasteiger partial charge in [0.25, 0.3) is 9.05 Å². The zero-order valence-electron chi connectivity index (χ0n) is 6.08. The summed E-state index contributed by atoms with van der Waals surface area (Å²) in [5.74, 6) is 0. The first-order valence-corrected chi connectivity index (χ1v) is 5.67. The molecule has 0 atom stereocenters. The first-order valence-electron chi connectivity index (χ1n) is 2.98. The standard InChI is InChI=1S/C6H5Cl2NO2S/c1-4-6(12(8,10)11)5(7)2-3-9-4/h2-3H,1H3. The summed E-state index contributed by atoms with van der Waals surface area (Å²) in [7, 11) is 1.33. The fourth-order valence-corrected chi connectivity index (χ4v) is 2.72. The van der Waals surface area contributed by atoms with Crippen LogP contribution in [0.1, 0.15) is 5.69 Å². The van der Waals surface area contributed by atoms with Gasteiger partial charge in [-0.05, 0) is 13.0 Å². The van der Waals surface area contributed by atoms with Crippen molar-refractivity contribution in [2.24, 2.45) is 0 Å². The molecule has 0 spiro atoms. The molecule has 0 aliphatic rings. The highest BCUT2D eigenvalue weighted by Crippen LogP contribution is 2.25. The van der Waals surface area contributed by atoms with E-state index in [1.807, 2.05) is 0 Å². The van der Waals surface area contributed by atoms with Crippen molar-refractivity contribution in [2.75, 3.05) is 0 Å². The van der Waals surface area contributed by atoms with Crippen molar-refractivity contribution in [3.8, 4) is 0 Å². The van der Waals surface area contributed by atoms with E-state index in [0.717, 1.165) is 0 Å². The third-order valence-corrected chi connectivity index (χ3v) is 3.17. The number of aromatic nitrogens is 1. The maximum atomic E-state index is 10.9. The zero-order chi connectivity index (χ0) is 9.35. The van der Waals surface area contributed by atoms with Gasteiger partial charge in [-0.25, -0.2) is 8.42 Å². The van der Waals surface area contributed by atoms with Gasteiger partial charge in [-0.3, -0.25) is 4.98 Å². The van der Waals surface area contributed by atoms with Crippen LogP contribution in [0.3, 0.4) is 0 Å². The second kappa shape index (κ2) is 3.20. The lowest BCUT2D eigenvalue weighted by Gasteiger charge is -2.01. The molecule has 0 fully saturated rings. The summed E-state index contributed by atoms with van der Waals surface area (Å²) in [6, 6.07) is 1.38. The predicted octanol–water partition coefficient (Wildman–Crippen LogP) is 1.97. The van der Waals surface area contributed by atoms with E-state index in [0.29, 0.717) is 5.69 Å². The van der Waals surface area contributed by atoms with Crippen molar-refractivity contribution in [3.05, 3.63) is 23.0 Å². The highest BCUT2D eigenvalue weighted by atomic mass is 35.7. The molecular formula is C6H5Cl2NO2S.